The highest BCUT2D eigenvalue weighted by Gasteiger charge is 2.30. The Morgan fingerprint density at radius 2 is 2.00 bits per heavy atom. The Kier molecular flexibility index (Phi) is 6.20. The summed E-state index contributed by atoms with van der Waals surface area (Å²) < 4.78 is 5.08. The maximum atomic E-state index is 12.4. The highest BCUT2D eigenvalue weighted by molar-refractivity contribution is 7.99. The predicted molar refractivity (Wildman–Crippen MR) is 80.6 cm³/mol. The van der Waals surface area contributed by atoms with Gasteiger partial charge in [0.1, 0.15) is 0 Å². The topological polar surface area (TPSA) is 46.6 Å². The molecule has 2 saturated heterocycles. The summed E-state index contributed by atoms with van der Waals surface area (Å²) in [5, 5.41) is 0. The summed E-state index contributed by atoms with van der Waals surface area (Å²) in [5.41, 5.74) is 0. The summed E-state index contributed by atoms with van der Waals surface area (Å²) in [6.07, 6.45) is 4.74. The van der Waals surface area contributed by atoms with Crippen LogP contribution in [0.4, 0.5) is 0 Å². The van der Waals surface area contributed by atoms with Crippen LogP contribution in [0, 0.1) is 11.8 Å². The Morgan fingerprint density at radius 3 is 2.70 bits per heavy atom. The van der Waals surface area contributed by atoms with Gasteiger partial charge in [-0.05, 0) is 50.0 Å². The van der Waals surface area contributed by atoms with Crippen molar-refractivity contribution in [3.05, 3.63) is 0 Å². The molecular formula is C15H25NO3S. The molecule has 0 aromatic carbocycles. The summed E-state index contributed by atoms with van der Waals surface area (Å²) in [7, 11) is 0. The monoisotopic (exact) mass is 299 g/mol. The maximum Gasteiger partial charge on any atom is 0.310 e. The third-order valence-electron chi connectivity index (χ3n) is 4.20. The summed E-state index contributed by atoms with van der Waals surface area (Å²) in [6.45, 7) is 3.60. The largest absolute Gasteiger partial charge is 0.466 e. The van der Waals surface area contributed by atoms with Crippen LogP contribution < -0.4 is 0 Å². The third kappa shape index (κ3) is 4.40. The molecule has 0 spiro atoms. The SMILES string of the molecule is CCOC(=O)C1CCCN(C(=O)CC2CCSCC2)C1. The molecule has 0 N–H and O–H groups in total. The Labute approximate surface area is 125 Å². The highest BCUT2D eigenvalue weighted by Crippen LogP contribution is 2.27. The van der Waals surface area contributed by atoms with Crippen LogP contribution in [0.3, 0.4) is 0 Å². The van der Waals surface area contributed by atoms with Gasteiger partial charge < -0.3 is 9.64 Å². The lowest BCUT2D eigenvalue weighted by Crippen LogP contribution is -2.43. The van der Waals surface area contributed by atoms with Gasteiger partial charge in [-0.1, -0.05) is 0 Å². The standard InChI is InChI=1S/C15H25NO3S/c1-2-19-15(18)13-4-3-7-16(11-13)14(17)10-12-5-8-20-9-6-12/h12-13H,2-11H2,1H3. The molecule has 0 radical (unpaired) electrons. The van der Waals surface area contributed by atoms with E-state index in [1.54, 1.807) is 0 Å². The zero-order valence-corrected chi connectivity index (χ0v) is 13.1. The van der Waals surface area contributed by atoms with E-state index >= 15 is 0 Å². The Hall–Kier alpha value is -0.710. The number of ether oxygens (including phenoxy) is 1. The van der Waals surface area contributed by atoms with Crippen molar-refractivity contribution in [2.24, 2.45) is 11.8 Å². The van der Waals surface area contributed by atoms with Gasteiger partial charge in [0.2, 0.25) is 5.91 Å². The van der Waals surface area contributed by atoms with Crippen molar-refractivity contribution in [3.63, 3.8) is 0 Å². The van der Waals surface area contributed by atoms with Crippen molar-refractivity contribution < 1.29 is 14.3 Å². The molecule has 5 heteroatoms. The Balaban J connectivity index is 1.81. The summed E-state index contributed by atoms with van der Waals surface area (Å²) in [4.78, 5) is 26.0. The number of carbonyl (C=O) groups excluding carboxylic acids is 2. The van der Waals surface area contributed by atoms with Crippen molar-refractivity contribution in [3.8, 4) is 0 Å². The van der Waals surface area contributed by atoms with Crippen molar-refractivity contribution in [1.29, 1.82) is 0 Å². The molecule has 1 unspecified atom stereocenters. The zero-order valence-electron chi connectivity index (χ0n) is 12.3. The number of carbonyl (C=O) groups is 2. The smallest absolute Gasteiger partial charge is 0.310 e. The van der Waals surface area contributed by atoms with Crippen LogP contribution in [0.1, 0.15) is 39.0 Å². The molecule has 0 aromatic rings. The second kappa shape index (κ2) is 7.91. The fourth-order valence-electron chi connectivity index (χ4n) is 2.98. The van der Waals surface area contributed by atoms with Gasteiger partial charge in [-0.25, -0.2) is 0 Å². The van der Waals surface area contributed by atoms with Crippen molar-refractivity contribution in [1.82, 2.24) is 4.90 Å². The van der Waals surface area contributed by atoms with Gasteiger partial charge in [0, 0.05) is 19.5 Å². The first-order chi connectivity index (χ1) is 9.70. The first-order valence-corrected chi connectivity index (χ1v) is 8.88. The fraction of sp³-hybridized carbons (Fsp3) is 0.867. The Morgan fingerprint density at radius 1 is 1.25 bits per heavy atom. The number of esters is 1. The number of nitrogens with zero attached hydrogens (tertiary/aromatic N) is 1. The second-order valence-corrected chi connectivity index (χ2v) is 6.92. The molecule has 4 nitrogen and oxygen atoms in total. The molecular weight excluding hydrogens is 274 g/mol. The van der Waals surface area contributed by atoms with E-state index in [4.69, 9.17) is 4.74 Å². The maximum absolute atomic E-state index is 12.4. The van der Waals surface area contributed by atoms with E-state index in [1.165, 1.54) is 11.5 Å². The quantitative estimate of drug-likeness (QED) is 0.748. The lowest BCUT2D eigenvalue weighted by molar-refractivity contribution is -0.151. The molecule has 0 saturated carbocycles. The number of hydrogen-bond acceptors (Lipinski definition) is 4. The minimum Gasteiger partial charge on any atom is -0.466 e. The molecule has 2 aliphatic rings. The summed E-state index contributed by atoms with van der Waals surface area (Å²) >= 11 is 1.99. The lowest BCUT2D eigenvalue weighted by Gasteiger charge is -2.33. The molecule has 20 heavy (non-hydrogen) atoms. The van der Waals surface area contributed by atoms with Gasteiger partial charge in [0.15, 0.2) is 0 Å². The first-order valence-electron chi connectivity index (χ1n) is 7.73. The van der Waals surface area contributed by atoms with Crippen LogP contribution in [0.25, 0.3) is 0 Å². The zero-order chi connectivity index (χ0) is 14.4. The van der Waals surface area contributed by atoms with E-state index in [1.807, 2.05) is 23.6 Å². The number of likely N-dealkylation sites (tertiary alicyclic amines) is 1. The van der Waals surface area contributed by atoms with Gasteiger partial charge in [-0.2, -0.15) is 11.8 Å². The minimum absolute atomic E-state index is 0.116. The third-order valence-corrected chi connectivity index (χ3v) is 5.25. The number of amides is 1. The molecule has 114 valence electrons. The number of thioether (sulfide) groups is 1. The molecule has 2 aliphatic heterocycles. The number of piperidine rings is 1. The molecule has 1 atom stereocenters. The molecule has 0 aliphatic carbocycles. The molecule has 2 rings (SSSR count). The highest BCUT2D eigenvalue weighted by atomic mass is 32.2. The van der Waals surface area contributed by atoms with Crippen LogP contribution in [0.2, 0.25) is 0 Å². The molecule has 0 bridgehead atoms. The van der Waals surface area contributed by atoms with Gasteiger partial charge in [-0.3, -0.25) is 9.59 Å². The summed E-state index contributed by atoms with van der Waals surface area (Å²) in [6, 6.07) is 0. The van der Waals surface area contributed by atoms with E-state index in [0.717, 1.165) is 32.2 Å². The van der Waals surface area contributed by atoms with Crippen LogP contribution in [-0.2, 0) is 14.3 Å². The number of rotatable bonds is 4. The number of hydrogen-bond donors (Lipinski definition) is 0. The Bertz CT molecular complexity index is 342. The van der Waals surface area contributed by atoms with Crippen LogP contribution in [0.5, 0.6) is 0 Å². The van der Waals surface area contributed by atoms with Gasteiger partial charge in [-0.15, -0.1) is 0 Å². The van der Waals surface area contributed by atoms with Crippen molar-refractivity contribution in [2.45, 2.75) is 39.0 Å². The fourth-order valence-corrected chi connectivity index (χ4v) is 4.19. The first kappa shape index (κ1) is 15.7. The van der Waals surface area contributed by atoms with Crippen molar-refractivity contribution in [2.75, 3.05) is 31.2 Å². The molecule has 2 fully saturated rings. The van der Waals surface area contributed by atoms with E-state index in [2.05, 4.69) is 0 Å². The minimum atomic E-state index is -0.140. The van der Waals surface area contributed by atoms with E-state index in [0.29, 0.717) is 25.5 Å². The molecule has 0 aromatic heterocycles. The van der Waals surface area contributed by atoms with Gasteiger partial charge in [0.05, 0.1) is 12.5 Å². The van der Waals surface area contributed by atoms with Crippen molar-refractivity contribution >= 4 is 23.6 Å². The van der Waals surface area contributed by atoms with E-state index in [9.17, 15) is 9.59 Å². The molecule has 1 amide bonds. The van der Waals surface area contributed by atoms with Gasteiger partial charge in [0.25, 0.3) is 0 Å². The van der Waals surface area contributed by atoms with Crippen LogP contribution >= 0.6 is 11.8 Å². The average molecular weight is 299 g/mol. The predicted octanol–water partition coefficient (Wildman–Crippen LogP) is 2.32. The van der Waals surface area contributed by atoms with Crippen LogP contribution in [0.15, 0.2) is 0 Å². The molecule has 2 heterocycles. The average Bonchev–Trinajstić information content (AvgIpc) is 2.48. The van der Waals surface area contributed by atoms with Crippen LogP contribution in [-0.4, -0.2) is 48.0 Å². The summed E-state index contributed by atoms with van der Waals surface area (Å²) in [5.74, 6) is 2.89. The van der Waals surface area contributed by atoms with E-state index < -0.39 is 0 Å². The lowest BCUT2D eigenvalue weighted by atomic mass is 9.95. The second-order valence-electron chi connectivity index (χ2n) is 5.69. The normalized spacial score (nSPS) is 24.4. The van der Waals surface area contributed by atoms with Gasteiger partial charge >= 0.3 is 5.97 Å². The van der Waals surface area contributed by atoms with E-state index in [-0.39, 0.29) is 17.8 Å².